The molecule has 3 N–H and O–H groups in total. The molecule has 1 aromatic carbocycles. The second kappa shape index (κ2) is 7.26. The Bertz CT molecular complexity index is 674. The third kappa shape index (κ3) is 3.69. The Hall–Kier alpha value is -1.37. The summed E-state index contributed by atoms with van der Waals surface area (Å²) in [6.07, 6.45) is 6.24. The summed E-state index contributed by atoms with van der Waals surface area (Å²) in [5.74, 6) is 0.141. The van der Waals surface area contributed by atoms with Crippen LogP contribution in [0, 0.1) is 6.42 Å². The zero-order valence-corrected chi connectivity index (χ0v) is 13.2. The Morgan fingerprint density at radius 3 is 3.05 bits per heavy atom. The van der Waals surface area contributed by atoms with Gasteiger partial charge in [-0.1, -0.05) is 17.4 Å². The monoisotopic (exact) mass is 321 g/mol. The Balaban J connectivity index is 1.49. The van der Waals surface area contributed by atoms with Gasteiger partial charge in [0.15, 0.2) is 0 Å². The molecule has 0 amide bonds. The van der Waals surface area contributed by atoms with E-state index in [-0.39, 0.29) is 10.6 Å². The maximum Gasteiger partial charge on any atom is 0.305 e. The molecule has 1 aliphatic rings. The normalized spacial score (nSPS) is 16.4. The van der Waals surface area contributed by atoms with Gasteiger partial charge in [-0.25, -0.2) is 0 Å². The van der Waals surface area contributed by atoms with Crippen LogP contribution in [0.1, 0.15) is 24.8 Å². The summed E-state index contributed by atoms with van der Waals surface area (Å²) >= 11 is 1.16. The fourth-order valence-corrected chi connectivity index (χ4v) is 3.68. The first-order chi connectivity index (χ1) is 10.7. The van der Waals surface area contributed by atoms with Gasteiger partial charge >= 0.3 is 4.87 Å². The number of rotatable bonds is 6. The van der Waals surface area contributed by atoms with Crippen molar-refractivity contribution in [2.45, 2.75) is 31.7 Å². The van der Waals surface area contributed by atoms with Crippen molar-refractivity contribution in [2.75, 3.05) is 19.8 Å². The van der Waals surface area contributed by atoms with Gasteiger partial charge in [0, 0.05) is 19.3 Å². The molecule has 1 fully saturated rings. The topological polar surface area (TPSA) is 74.4 Å². The molecule has 0 saturated carbocycles. The minimum atomic E-state index is -0.122. The molecule has 0 spiro atoms. The van der Waals surface area contributed by atoms with Gasteiger partial charge in [-0.15, -0.1) is 0 Å². The first-order valence-corrected chi connectivity index (χ1v) is 8.52. The number of hydrogen-bond donors (Lipinski definition) is 3. The molecular weight excluding hydrogens is 300 g/mol. The number of benzene rings is 1. The van der Waals surface area contributed by atoms with Crippen molar-refractivity contribution in [1.82, 2.24) is 10.3 Å². The molecule has 0 atom stereocenters. The summed E-state index contributed by atoms with van der Waals surface area (Å²) < 4.78 is 6.21. The number of phenolic OH excluding ortho intramolecular Hbond substituents is 1. The summed E-state index contributed by atoms with van der Waals surface area (Å²) in [5, 5.41) is 13.3. The summed E-state index contributed by atoms with van der Waals surface area (Å²) in [5.41, 5.74) is 1.67. The summed E-state index contributed by atoms with van der Waals surface area (Å²) in [6, 6.07) is 4.13. The molecule has 22 heavy (non-hydrogen) atoms. The number of aromatic amines is 1. The summed E-state index contributed by atoms with van der Waals surface area (Å²) in [7, 11) is 0. The number of H-pyrrole nitrogens is 1. The zero-order chi connectivity index (χ0) is 15.4. The van der Waals surface area contributed by atoms with Crippen molar-refractivity contribution < 1.29 is 9.84 Å². The fraction of sp³-hybridized carbons (Fsp3) is 0.500. The number of ether oxygens (including phenoxy) is 1. The molecule has 119 valence electrons. The van der Waals surface area contributed by atoms with Gasteiger partial charge in [-0.2, -0.15) is 0 Å². The van der Waals surface area contributed by atoms with Crippen LogP contribution in [-0.2, 0) is 11.2 Å². The van der Waals surface area contributed by atoms with E-state index in [4.69, 9.17) is 4.74 Å². The lowest BCUT2D eigenvalue weighted by Gasteiger charge is -2.23. The summed E-state index contributed by atoms with van der Waals surface area (Å²) in [6.45, 7) is 2.61. The number of aromatic hydroxyl groups is 1. The number of phenols is 1. The van der Waals surface area contributed by atoms with E-state index in [1.165, 1.54) is 0 Å². The Morgan fingerprint density at radius 2 is 2.23 bits per heavy atom. The van der Waals surface area contributed by atoms with Crippen molar-refractivity contribution in [3.8, 4) is 5.75 Å². The van der Waals surface area contributed by atoms with E-state index in [0.29, 0.717) is 11.6 Å². The Labute approximate surface area is 133 Å². The van der Waals surface area contributed by atoms with Crippen molar-refractivity contribution >= 4 is 21.6 Å². The lowest BCUT2D eigenvalue weighted by molar-refractivity contribution is 0.0786. The second-order valence-electron chi connectivity index (χ2n) is 5.58. The molecule has 6 heteroatoms. The van der Waals surface area contributed by atoms with Crippen LogP contribution in [-0.4, -0.2) is 35.9 Å². The highest BCUT2D eigenvalue weighted by atomic mass is 32.1. The predicted octanol–water partition coefficient (Wildman–Crippen LogP) is 2.20. The Morgan fingerprint density at radius 1 is 1.41 bits per heavy atom. The van der Waals surface area contributed by atoms with Crippen molar-refractivity contribution in [2.24, 2.45) is 0 Å². The number of nitrogens with one attached hydrogen (secondary N) is 2. The highest BCUT2D eigenvalue weighted by Crippen LogP contribution is 2.28. The van der Waals surface area contributed by atoms with Gasteiger partial charge in [0.2, 0.25) is 0 Å². The van der Waals surface area contributed by atoms with Crippen LogP contribution in [0.15, 0.2) is 16.9 Å². The van der Waals surface area contributed by atoms with Crippen molar-refractivity contribution in [3.63, 3.8) is 0 Å². The SMILES string of the molecule is O=c1[nH]c2c(O)ccc(CC[CH]CNC3CCOCC3)c2s1. The van der Waals surface area contributed by atoms with E-state index < -0.39 is 0 Å². The van der Waals surface area contributed by atoms with Crippen LogP contribution in [0.5, 0.6) is 5.75 Å². The van der Waals surface area contributed by atoms with E-state index in [1.54, 1.807) is 6.07 Å². The van der Waals surface area contributed by atoms with E-state index in [2.05, 4.69) is 16.7 Å². The van der Waals surface area contributed by atoms with Crippen LogP contribution < -0.4 is 10.2 Å². The smallest absolute Gasteiger partial charge is 0.305 e. The quantitative estimate of drug-likeness (QED) is 0.713. The average Bonchev–Trinajstić information content (AvgIpc) is 2.93. The van der Waals surface area contributed by atoms with Gasteiger partial charge in [0.25, 0.3) is 0 Å². The third-order valence-electron chi connectivity index (χ3n) is 4.03. The number of aryl methyl sites for hydroxylation is 1. The summed E-state index contributed by atoms with van der Waals surface area (Å²) in [4.78, 5) is 14.0. The van der Waals surface area contributed by atoms with Gasteiger partial charge < -0.3 is 20.1 Å². The minimum absolute atomic E-state index is 0.122. The van der Waals surface area contributed by atoms with Gasteiger partial charge in [0.1, 0.15) is 11.3 Å². The molecule has 1 radical (unpaired) electrons. The van der Waals surface area contributed by atoms with Crippen LogP contribution in [0.3, 0.4) is 0 Å². The van der Waals surface area contributed by atoms with Gasteiger partial charge in [-0.05, 0) is 50.3 Å². The number of aromatic nitrogens is 1. The van der Waals surface area contributed by atoms with Crippen LogP contribution in [0.25, 0.3) is 10.2 Å². The highest BCUT2D eigenvalue weighted by Gasteiger charge is 2.12. The molecule has 0 bridgehead atoms. The van der Waals surface area contributed by atoms with Gasteiger partial charge in [-0.3, -0.25) is 4.79 Å². The molecule has 5 nitrogen and oxygen atoms in total. The maximum atomic E-state index is 11.5. The van der Waals surface area contributed by atoms with Crippen LogP contribution in [0.2, 0.25) is 0 Å². The lowest BCUT2D eigenvalue weighted by atomic mass is 10.1. The Kier molecular flexibility index (Phi) is 5.12. The van der Waals surface area contributed by atoms with Crippen molar-refractivity contribution in [1.29, 1.82) is 0 Å². The first kappa shape index (κ1) is 15.5. The molecule has 0 aliphatic carbocycles. The average molecular weight is 321 g/mol. The van der Waals surface area contributed by atoms with E-state index >= 15 is 0 Å². The number of unbranched alkanes of at least 4 members (excludes halogenated alkanes) is 1. The molecule has 3 rings (SSSR count). The highest BCUT2D eigenvalue weighted by molar-refractivity contribution is 7.16. The first-order valence-electron chi connectivity index (χ1n) is 7.70. The number of thiazole rings is 1. The zero-order valence-electron chi connectivity index (χ0n) is 12.4. The number of fused-ring (bicyclic) bond motifs is 1. The molecule has 2 aromatic rings. The predicted molar refractivity (Wildman–Crippen MR) is 88.6 cm³/mol. The van der Waals surface area contributed by atoms with E-state index in [1.807, 2.05) is 6.07 Å². The standard InChI is InChI=1S/C16H21N2O3S/c19-13-5-4-11(15-14(13)18-16(20)22-15)3-1-2-8-17-12-6-9-21-10-7-12/h2,4-5,12,17,19H,1,3,6-10H2,(H,18,20). The van der Waals surface area contributed by atoms with Crippen LogP contribution in [0.4, 0.5) is 0 Å². The molecule has 0 unspecified atom stereocenters. The molecule has 1 aromatic heterocycles. The molecule has 1 aliphatic heterocycles. The van der Waals surface area contributed by atoms with Gasteiger partial charge in [0.05, 0.1) is 4.70 Å². The van der Waals surface area contributed by atoms with Crippen LogP contribution >= 0.6 is 11.3 Å². The minimum Gasteiger partial charge on any atom is -0.506 e. The lowest BCUT2D eigenvalue weighted by Crippen LogP contribution is -2.35. The largest absolute Gasteiger partial charge is 0.506 e. The third-order valence-corrected chi connectivity index (χ3v) is 4.99. The molecular formula is C16H21N2O3S. The van der Waals surface area contributed by atoms with Crippen molar-refractivity contribution in [3.05, 3.63) is 33.8 Å². The number of hydrogen-bond acceptors (Lipinski definition) is 5. The fourth-order valence-electron chi connectivity index (χ4n) is 2.78. The van der Waals surface area contributed by atoms with E-state index in [0.717, 1.165) is 67.0 Å². The molecule has 2 heterocycles. The maximum absolute atomic E-state index is 11.5. The second-order valence-corrected chi connectivity index (χ2v) is 6.57. The molecule has 1 saturated heterocycles. The van der Waals surface area contributed by atoms with E-state index in [9.17, 15) is 9.90 Å².